The lowest BCUT2D eigenvalue weighted by Gasteiger charge is -2.16. The Morgan fingerprint density at radius 3 is 2.38 bits per heavy atom. The molecule has 0 saturated carbocycles. The summed E-state index contributed by atoms with van der Waals surface area (Å²) in [4.78, 5) is 0. The second kappa shape index (κ2) is 7.48. The van der Waals surface area contributed by atoms with E-state index in [1.54, 1.807) is 14.2 Å². The molecule has 112 valence electrons. The summed E-state index contributed by atoms with van der Waals surface area (Å²) >= 11 is 3.45. The van der Waals surface area contributed by atoms with Crippen LogP contribution in [0.2, 0.25) is 0 Å². The van der Waals surface area contributed by atoms with E-state index in [0.29, 0.717) is 0 Å². The van der Waals surface area contributed by atoms with Gasteiger partial charge in [0.05, 0.1) is 14.2 Å². The molecule has 2 rings (SSSR count). The Labute approximate surface area is 134 Å². The van der Waals surface area contributed by atoms with Gasteiger partial charge in [0.1, 0.15) is 11.5 Å². The van der Waals surface area contributed by atoms with Crippen LogP contribution in [0.5, 0.6) is 11.5 Å². The fourth-order valence-electron chi connectivity index (χ4n) is 2.13. The zero-order chi connectivity index (χ0) is 15.2. The minimum Gasteiger partial charge on any atom is -0.497 e. The molecule has 1 N–H and O–H groups in total. The van der Waals surface area contributed by atoms with Gasteiger partial charge in [-0.05, 0) is 30.7 Å². The van der Waals surface area contributed by atoms with Crippen molar-refractivity contribution in [3.63, 3.8) is 0 Å². The van der Waals surface area contributed by atoms with Crippen LogP contribution in [0.25, 0.3) is 0 Å². The van der Waals surface area contributed by atoms with Gasteiger partial charge in [-0.1, -0.05) is 34.1 Å². The van der Waals surface area contributed by atoms with Crippen molar-refractivity contribution in [1.29, 1.82) is 0 Å². The van der Waals surface area contributed by atoms with E-state index in [-0.39, 0.29) is 6.04 Å². The zero-order valence-electron chi connectivity index (χ0n) is 12.5. The fraction of sp³-hybridized carbons (Fsp3) is 0.294. The van der Waals surface area contributed by atoms with E-state index in [2.05, 4.69) is 52.4 Å². The van der Waals surface area contributed by atoms with Gasteiger partial charge in [-0.2, -0.15) is 0 Å². The molecule has 2 aromatic carbocycles. The van der Waals surface area contributed by atoms with E-state index in [4.69, 9.17) is 9.47 Å². The van der Waals surface area contributed by atoms with Gasteiger partial charge in [-0.15, -0.1) is 0 Å². The van der Waals surface area contributed by atoms with Gasteiger partial charge in [0.25, 0.3) is 0 Å². The molecular formula is C17H20BrNO2. The Morgan fingerprint density at radius 2 is 1.76 bits per heavy atom. The van der Waals surface area contributed by atoms with Crippen LogP contribution in [0, 0.1) is 0 Å². The molecule has 0 bridgehead atoms. The third-order valence-corrected chi connectivity index (χ3v) is 3.99. The molecule has 1 atom stereocenters. The van der Waals surface area contributed by atoms with E-state index in [1.807, 2.05) is 18.2 Å². The molecule has 0 unspecified atom stereocenters. The molecular weight excluding hydrogens is 330 g/mol. The van der Waals surface area contributed by atoms with Gasteiger partial charge in [-0.25, -0.2) is 0 Å². The number of methoxy groups -OCH3 is 2. The lowest BCUT2D eigenvalue weighted by Crippen LogP contribution is -2.18. The van der Waals surface area contributed by atoms with Crippen molar-refractivity contribution < 1.29 is 9.47 Å². The lowest BCUT2D eigenvalue weighted by molar-refractivity contribution is 0.389. The van der Waals surface area contributed by atoms with Crippen LogP contribution >= 0.6 is 15.9 Å². The first kappa shape index (κ1) is 15.9. The number of ether oxygens (including phenoxy) is 2. The maximum absolute atomic E-state index is 5.42. The number of benzene rings is 2. The second-order valence-corrected chi connectivity index (χ2v) is 5.75. The third-order valence-electron chi connectivity index (χ3n) is 3.46. The maximum atomic E-state index is 5.42. The quantitative estimate of drug-likeness (QED) is 0.842. The van der Waals surface area contributed by atoms with Crippen molar-refractivity contribution in [3.05, 3.63) is 58.1 Å². The normalized spacial score (nSPS) is 12.0. The van der Waals surface area contributed by atoms with Gasteiger partial charge < -0.3 is 14.8 Å². The van der Waals surface area contributed by atoms with Crippen molar-refractivity contribution in [2.24, 2.45) is 0 Å². The molecule has 0 saturated heterocycles. The van der Waals surface area contributed by atoms with Crippen LogP contribution in [-0.2, 0) is 6.54 Å². The van der Waals surface area contributed by atoms with Crippen LogP contribution < -0.4 is 14.8 Å². The summed E-state index contributed by atoms with van der Waals surface area (Å²) in [5.41, 5.74) is 2.37. The minimum atomic E-state index is 0.268. The van der Waals surface area contributed by atoms with Crippen molar-refractivity contribution in [1.82, 2.24) is 5.32 Å². The van der Waals surface area contributed by atoms with Crippen molar-refractivity contribution >= 4 is 15.9 Å². The van der Waals surface area contributed by atoms with Crippen molar-refractivity contribution in [2.45, 2.75) is 19.5 Å². The van der Waals surface area contributed by atoms with E-state index in [9.17, 15) is 0 Å². The Morgan fingerprint density at radius 1 is 1.05 bits per heavy atom. The first-order valence-corrected chi connectivity index (χ1v) is 7.63. The Hall–Kier alpha value is -1.52. The number of rotatable bonds is 6. The fourth-order valence-corrected chi connectivity index (χ4v) is 2.39. The first-order valence-electron chi connectivity index (χ1n) is 6.83. The number of halogens is 1. The van der Waals surface area contributed by atoms with Gasteiger partial charge in [-0.3, -0.25) is 0 Å². The average molecular weight is 350 g/mol. The first-order chi connectivity index (χ1) is 10.1. The van der Waals surface area contributed by atoms with Gasteiger partial charge in [0, 0.05) is 28.7 Å². The summed E-state index contributed by atoms with van der Waals surface area (Å²) in [6.45, 7) is 2.89. The largest absolute Gasteiger partial charge is 0.497 e. The summed E-state index contributed by atoms with van der Waals surface area (Å²) in [6, 6.07) is 14.5. The molecule has 0 heterocycles. The standard InChI is InChI=1S/C17H20BrNO2/c1-12(13-4-7-15(18)8-5-13)19-11-14-6-9-16(20-2)10-17(14)21-3/h4-10,12,19H,11H2,1-3H3/t12-/m1/s1. The predicted molar refractivity (Wildman–Crippen MR) is 88.9 cm³/mol. The van der Waals surface area contributed by atoms with Gasteiger partial charge >= 0.3 is 0 Å². The summed E-state index contributed by atoms with van der Waals surface area (Å²) in [7, 11) is 3.33. The lowest BCUT2D eigenvalue weighted by atomic mass is 10.1. The summed E-state index contributed by atoms with van der Waals surface area (Å²) < 4.78 is 11.7. The van der Waals surface area contributed by atoms with Crippen LogP contribution in [0.3, 0.4) is 0 Å². The molecule has 0 aromatic heterocycles. The summed E-state index contributed by atoms with van der Waals surface area (Å²) in [5, 5.41) is 3.51. The smallest absolute Gasteiger partial charge is 0.127 e. The monoisotopic (exact) mass is 349 g/mol. The van der Waals surface area contributed by atoms with Gasteiger partial charge in [0.2, 0.25) is 0 Å². The Bertz CT molecular complexity index is 584. The second-order valence-electron chi connectivity index (χ2n) is 4.83. The van der Waals surface area contributed by atoms with E-state index in [0.717, 1.165) is 28.1 Å². The van der Waals surface area contributed by atoms with E-state index < -0.39 is 0 Å². The number of hydrogen-bond acceptors (Lipinski definition) is 3. The number of nitrogens with one attached hydrogen (secondary N) is 1. The molecule has 4 heteroatoms. The molecule has 0 spiro atoms. The minimum absolute atomic E-state index is 0.268. The topological polar surface area (TPSA) is 30.5 Å². The highest BCUT2D eigenvalue weighted by Crippen LogP contribution is 2.25. The molecule has 0 radical (unpaired) electrons. The van der Waals surface area contributed by atoms with Gasteiger partial charge in [0.15, 0.2) is 0 Å². The number of hydrogen-bond donors (Lipinski definition) is 1. The molecule has 2 aromatic rings. The van der Waals surface area contributed by atoms with Crippen molar-refractivity contribution in [3.8, 4) is 11.5 Å². The molecule has 0 aliphatic carbocycles. The molecule has 0 aliphatic heterocycles. The van der Waals surface area contributed by atoms with Crippen LogP contribution in [-0.4, -0.2) is 14.2 Å². The van der Waals surface area contributed by atoms with Crippen LogP contribution in [0.4, 0.5) is 0 Å². The van der Waals surface area contributed by atoms with E-state index in [1.165, 1.54) is 5.56 Å². The van der Waals surface area contributed by atoms with Crippen LogP contribution in [0.1, 0.15) is 24.1 Å². The van der Waals surface area contributed by atoms with Crippen molar-refractivity contribution in [2.75, 3.05) is 14.2 Å². The Balaban J connectivity index is 2.03. The van der Waals surface area contributed by atoms with Crippen LogP contribution in [0.15, 0.2) is 46.9 Å². The third kappa shape index (κ3) is 4.22. The molecule has 0 aliphatic rings. The SMILES string of the molecule is COc1ccc(CN[C@H](C)c2ccc(Br)cc2)c(OC)c1. The Kier molecular flexibility index (Phi) is 5.65. The summed E-state index contributed by atoms with van der Waals surface area (Å²) in [6.07, 6.45) is 0. The summed E-state index contributed by atoms with van der Waals surface area (Å²) in [5.74, 6) is 1.64. The maximum Gasteiger partial charge on any atom is 0.127 e. The predicted octanol–water partition coefficient (Wildman–Crippen LogP) is 4.32. The average Bonchev–Trinajstić information content (AvgIpc) is 2.53. The molecule has 0 fully saturated rings. The molecule has 21 heavy (non-hydrogen) atoms. The highest BCUT2D eigenvalue weighted by Gasteiger charge is 2.08. The highest BCUT2D eigenvalue weighted by atomic mass is 79.9. The van der Waals surface area contributed by atoms with E-state index >= 15 is 0 Å². The highest BCUT2D eigenvalue weighted by molar-refractivity contribution is 9.10. The molecule has 3 nitrogen and oxygen atoms in total. The molecule has 0 amide bonds. The zero-order valence-corrected chi connectivity index (χ0v) is 14.1.